The fraction of sp³-hybridized carbons (Fsp3) is 0.955. The van der Waals surface area contributed by atoms with Crippen LogP contribution in [-0.2, 0) is 14.3 Å². The molecule has 0 aromatic rings. The highest BCUT2D eigenvalue weighted by molar-refractivity contribution is 5.76. The minimum Gasteiger partial charge on any atom is -0.481 e. The molecule has 0 spiro atoms. The Labute approximate surface area is 162 Å². The Hall–Kier alpha value is -0.650. The molecular weight excluding hydrogens is 344 g/mol. The van der Waals surface area contributed by atoms with E-state index in [1.54, 1.807) is 7.11 Å². The van der Waals surface area contributed by atoms with Crippen LogP contribution in [0.15, 0.2) is 0 Å². The molecule has 0 saturated heterocycles. The standard InChI is InChI=1S/C22H36O5/c1-21-9-7-16(27-13-26-2)11-14(21)3-5-17-18(21)8-10-22(20(24)25)15(12-23)4-6-19(17)22/h14-19,23H,3-13H2,1-2H3,(H,24,25)/t14-,15+,16+,17+,18-,19-,21-,22-/m0/s1. The summed E-state index contributed by atoms with van der Waals surface area (Å²) >= 11 is 0. The first-order chi connectivity index (χ1) is 13.0. The summed E-state index contributed by atoms with van der Waals surface area (Å²) in [6, 6.07) is 0. The number of carboxylic acid groups (broad SMARTS) is 1. The van der Waals surface area contributed by atoms with E-state index in [1.165, 1.54) is 12.8 Å². The van der Waals surface area contributed by atoms with Crippen molar-refractivity contribution in [1.29, 1.82) is 0 Å². The molecular formula is C22H36O5. The van der Waals surface area contributed by atoms with Crippen molar-refractivity contribution in [1.82, 2.24) is 0 Å². The number of aliphatic hydroxyl groups is 1. The molecule has 0 aromatic heterocycles. The van der Waals surface area contributed by atoms with Crippen molar-refractivity contribution in [3.8, 4) is 0 Å². The highest BCUT2D eigenvalue weighted by atomic mass is 16.7. The predicted molar refractivity (Wildman–Crippen MR) is 101 cm³/mol. The van der Waals surface area contributed by atoms with Gasteiger partial charge in [0, 0.05) is 13.7 Å². The number of methoxy groups -OCH3 is 1. The second-order valence-electron chi connectivity index (χ2n) is 9.97. The molecule has 4 fully saturated rings. The molecule has 4 aliphatic rings. The van der Waals surface area contributed by atoms with E-state index in [-0.39, 0.29) is 18.4 Å². The second kappa shape index (κ2) is 7.31. The highest BCUT2D eigenvalue weighted by Gasteiger charge is 2.64. The Morgan fingerprint density at radius 3 is 2.59 bits per heavy atom. The molecule has 0 amide bonds. The summed E-state index contributed by atoms with van der Waals surface area (Å²) < 4.78 is 11.0. The van der Waals surface area contributed by atoms with Crippen LogP contribution in [-0.4, -0.2) is 42.8 Å². The van der Waals surface area contributed by atoms with Gasteiger partial charge in [-0.05, 0) is 92.8 Å². The van der Waals surface area contributed by atoms with Crippen molar-refractivity contribution < 1.29 is 24.5 Å². The fourth-order valence-corrected chi connectivity index (χ4v) is 8.01. The van der Waals surface area contributed by atoms with E-state index in [2.05, 4.69) is 6.92 Å². The Morgan fingerprint density at radius 1 is 1.07 bits per heavy atom. The summed E-state index contributed by atoms with van der Waals surface area (Å²) in [5.41, 5.74) is -0.351. The van der Waals surface area contributed by atoms with E-state index in [0.29, 0.717) is 36.1 Å². The molecule has 8 atom stereocenters. The van der Waals surface area contributed by atoms with Crippen LogP contribution in [0.25, 0.3) is 0 Å². The zero-order valence-corrected chi connectivity index (χ0v) is 16.9. The van der Waals surface area contributed by atoms with Gasteiger partial charge in [0.05, 0.1) is 11.5 Å². The van der Waals surface area contributed by atoms with Gasteiger partial charge < -0.3 is 19.7 Å². The zero-order chi connectivity index (χ0) is 19.2. The number of aliphatic carboxylic acids is 1. The molecule has 2 N–H and O–H groups in total. The van der Waals surface area contributed by atoms with Crippen LogP contribution < -0.4 is 0 Å². The van der Waals surface area contributed by atoms with Crippen LogP contribution >= 0.6 is 0 Å². The number of rotatable bonds is 5. The minimum atomic E-state index is -0.669. The first kappa shape index (κ1) is 19.7. The molecule has 0 aliphatic heterocycles. The van der Waals surface area contributed by atoms with Gasteiger partial charge >= 0.3 is 5.97 Å². The van der Waals surface area contributed by atoms with Gasteiger partial charge in [-0.2, -0.15) is 0 Å². The molecule has 154 valence electrons. The Kier molecular flexibility index (Phi) is 5.32. The smallest absolute Gasteiger partial charge is 0.310 e. The van der Waals surface area contributed by atoms with Crippen molar-refractivity contribution in [2.45, 2.75) is 70.8 Å². The molecule has 0 bridgehead atoms. The van der Waals surface area contributed by atoms with Crippen LogP contribution in [0.1, 0.15) is 64.7 Å². The molecule has 4 aliphatic carbocycles. The maximum Gasteiger partial charge on any atom is 0.310 e. The van der Waals surface area contributed by atoms with E-state index in [1.807, 2.05) is 0 Å². The van der Waals surface area contributed by atoms with E-state index >= 15 is 0 Å². The maximum absolute atomic E-state index is 12.4. The quantitative estimate of drug-likeness (QED) is 0.712. The molecule has 4 saturated carbocycles. The Morgan fingerprint density at radius 2 is 1.89 bits per heavy atom. The van der Waals surface area contributed by atoms with E-state index in [4.69, 9.17) is 9.47 Å². The van der Waals surface area contributed by atoms with Crippen LogP contribution in [0, 0.1) is 40.4 Å². The SMILES string of the molecule is COCO[C@@H]1CC[C@@]2(C)[C@@H](CC[C@@H]3[C@@H]2CC[C@]2(C(=O)O)[C@@H](CO)CC[C@@H]32)C1. The third kappa shape index (κ3) is 2.87. The lowest BCUT2D eigenvalue weighted by atomic mass is 9.44. The lowest BCUT2D eigenvalue weighted by Gasteiger charge is -2.60. The summed E-state index contributed by atoms with van der Waals surface area (Å²) in [5, 5.41) is 20.0. The van der Waals surface area contributed by atoms with Gasteiger partial charge in [-0.25, -0.2) is 0 Å². The normalized spacial score (nSPS) is 49.1. The van der Waals surface area contributed by atoms with Gasteiger partial charge in [-0.1, -0.05) is 6.92 Å². The lowest BCUT2D eigenvalue weighted by Crippen LogP contribution is -2.56. The number of ether oxygens (including phenoxy) is 2. The summed E-state index contributed by atoms with van der Waals surface area (Å²) in [6.45, 7) is 2.89. The number of aliphatic hydroxyl groups excluding tert-OH is 1. The summed E-state index contributed by atoms with van der Waals surface area (Å²) in [4.78, 5) is 12.4. The van der Waals surface area contributed by atoms with Gasteiger partial charge in [0.2, 0.25) is 0 Å². The van der Waals surface area contributed by atoms with E-state index < -0.39 is 11.4 Å². The molecule has 5 heteroatoms. The number of hydrogen-bond donors (Lipinski definition) is 2. The average Bonchev–Trinajstić information content (AvgIpc) is 3.06. The van der Waals surface area contributed by atoms with E-state index in [0.717, 1.165) is 44.9 Å². The van der Waals surface area contributed by atoms with Crippen molar-refractivity contribution in [2.24, 2.45) is 40.4 Å². The fourth-order valence-electron chi connectivity index (χ4n) is 8.01. The van der Waals surface area contributed by atoms with Crippen molar-refractivity contribution >= 4 is 5.97 Å². The largest absolute Gasteiger partial charge is 0.481 e. The summed E-state index contributed by atoms with van der Waals surface area (Å²) in [6.07, 6.45) is 9.69. The van der Waals surface area contributed by atoms with Crippen molar-refractivity contribution in [3.63, 3.8) is 0 Å². The third-order valence-electron chi connectivity index (χ3n) is 9.34. The molecule has 0 aromatic carbocycles. The average molecular weight is 381 g/mol. The maximum atomic E-state index is 12.4. The minimum absolute atomic E-state index is 0.0264. The summed E-state index contributed by atoms with van der Waals surface area (Å²) in [7, 11) is 1.68. The van der Waals surface area contributed by atoms with E-state index in [9.17, 15) is 15.0 Å². The highest BCUT2D eigenvalue weighted by Crippen LogP contribution is 2.67. The van der Waals surface area contributed by atoms with Gasteiger partial charge in [0.25, 0.3) is 0 Å². The third-order valence-corrected chi connectivity index (χ3v) is 9.34. The molecule has 5 nitrogen and oxygen atoms in total. The number of fused-ring (bicyclic) bond motifs is 5. The molecule has 0 unspecified atom stereocenters. The number of hydrogen-bond acceptors (Lipinski definition) is 4. The van der Waals surface area contributed by atoms with Crippen LogP contribution in [0.4, 0.5) is 0 Å². The molecule has 4 rings (SSSR count). The first-order valence-electron chi connectivity index (χ1n) is 10.9. The number of carboxylic acids is 1. The molecule has 0 heterocycles. The number of carbonyl (C=O) groups is 1. The zero-order valence-electron chi connectivity index (χ0n) is 16.9. The first-order valence-corrected chi connectivity index (χ1v) is 10.9. The molecule has 0 radical (unpaired) electrons. The Balaban J connectivity index is 1.55. The predicted octanol–water partition coefficient (Wildman–Crippen LogP) is 3.69. The van der Waals surface area contributed by atoms with Crippen LogP contribution in [0.5, 0.6) is 0 Å². The van der Waals surface area contributed by atoms with Crippen molar-refractivity contribution in [3.05, 3.63) is 0 Å². The molecule has 27 heavy (non-hydrogen) atoms. The van der Waals surface area contributed by atoms with Gasteiger partial charge in [-0.3, -0.25) is 4.79 Å². The van der Waals surface area contributed by atoms with Crippen molar-refractivity contribution in [2.75, 3.05) is 20.5 Å². The van der Waals surface area contributed by atoms with Gasteiger partial charge in [0.15, 0.2) is 0 Å². The Bertz CT molecular complexity index is 565. The van der Waals surface area contributed by atoms with Gasteiger partial charge in [0.1, 0.15) is 6.79 Å². The second-order valence-corrected chi connectivity index (χ2v) is 9.97. The van der Waals surface area contributed by atoms with Gasteiger partial charge in [-0.15, -0.1) is 0 Å². The monoisotopic (exact) mass is 380 g/mol. The van der Waals surface area contributed by atoms with Crippen LogP contribution in [0.3, 0.4) is 0 Å². The lowest BCUT2D eigenvalue weighted by molar-refractivity contribution is -0.178. The topological polar surface area (TPSA) is 76.0 Å². The summed E-state index contributed by atoms with van der Waals surface area (Å²) in [5.74, 6) is 1.39. The van der Waals surface area contributed by atoms with Crippen LogP contribution in [0.2, 0.25) is 0 Å².